The summed E-state index contributed by atoms with van der Waals surface area (Å²) in [5.41, 5.74) is 6.22. The number of imidazole rings is 1. The number of fused-ring (bicyclic) bond motifs is 1. The maximum Gasteiger partial charge on any atom is 0.201 e. The fraction of sp³-hybridized carbons (Fsp3) is 0.167. The van der Waals surface area contributed by atoms with Crippen LogP contribution < -0.4 is 5.73 Å². The molecule has 0 aliphatic heterocycles. The van der Waals surface area contributed by atoms with Crippen LogP contribution in [0.25, 0.3) is 11.0 Å². The third kappa shape index (κ3) is 1.77. The van der Waals surface area contributed by atoms with E-state index in [4.69, 9.17) is 5.73 Å². The van der Waals surface area contributed by atoms with Crippen LogP contribution in [-0.2, 0) is 0 Å². The molecule has 4 nitrogen and oxygen atoms in total. The number of halogens is 2. The topological polar surface area (TPSA) is 56.7 Å². The molecule has 0 saturated heterocycles. The lowest BCUT2D eigenvalue weighted by Gasteiger charge is -2.13. The van der Waals surface area contributed by atoms with Gasteiger partial charge in [0.15, 0.2) is 11.6 Å². The fourth-order valence-corrected chi connectivity index (χ4v) is 2.77. The summed E-state index contributed by atoms with van der Waals surface area (Å²) in [7, 11) is 0. The molecule has 0 amide bonds. The zero-order chi connectivity index (χ0) is 13.6. The monoisotopic (exact) mass is 280 g/mol. The molecular weight excluding hydrogens is 270 g/mol. The lowest BCUT2D eigenvalue weighted by Crippen LogP contribution is -2.11. The van der Waals surface area contributed by atoms with E-state index in [0.717, 1.165) is 11.1 Å². The Labute approximate surface area is 111 Å². The number of nitrogens with zero attached hydrogens (tertiary/aromatic N) is 3. The van der Waals surface area contributed by atoms with Gasteiger partial charge in [-0.1, -0.05) is 0 Å². The van der Waals surface area contributed by atoms with Crippen molar-refractivity contribution in [1.82, 2.24) is 14.5 Å². The molecule has 2 heterocycles. The van der Waals surface area contributed by atoms with Crippen molar-refractivity contribution >= 4 is 28.3 Å². The Balaban J connectivity index is 2.28. The van der Waals surface area contributed by atoms with E-state index in [1.807, 2.05) is 12.3 Å². The van der Waals surface area contributed by atoms with E-state index in [1.54, 1.807) is 6.20 Å². The summed E-state index contributed by atoms with van der Waals surface area (Å²) in [6.07, 6.45) is 1.66. The molecule has 0 fully saturated rings. The third-order valence-corrected chi connectivity index (χ3v) is 3.91. The normalized spacial score (nSPS) is 13.0. The minimum absolute atomic E-state index is 0.0696. The molecule has 2 N–H and O–H groups in total. The summed E-state index contributed by atoms with van der Waals surface area (Å²) < 4.78 is 28.8. The smallest absolute Gasteiger partial charge is 0.201 e. The van der Waals surface area contributed by atoms with E-state index < -0.39 is 11.6 Å². The van der Waals surface area contributed by atoms with Crippen LogP contribution in [0, 0.1) is 11.6 Å². The second kappa shape index (κ2) is 4.27. The van der Waals surface area contributed by atoms with Gasteiger partial charge in [0.05, 0.1) is 11.6 Å². The number of thiazole rings is 1. The first-order valence-electron chi connectivity index (χ1n) is 5.60. The lowest BCUT2D eigenvalue weighted by atomic mass is 10.2. The van der Waals surface area contributed by atoms with Gasteiger partial charge in [0.1, 0.15) is 10.5 Å². The van der Waals surface area contributed by atoms with Gasteiger partial charge in [0.2, 0.25) is 5.95 Å². The Morgan fingerprint density at radius 2 is 2.16 bits per heavy atom. The highest BCUT2D eigenvalue weighted by Gasteiger charge is 2.21. The van der Waals surface area contributed by atoms with Crippen LogP contribution in [0.15, 0.2) is 23.7 Å². The number of anilines is 1. The number of hydrogen-bond acceptors (Lipinski definition) is 4. The van der Waals surface area contributed by atoms with E-state index in [1.165, 1.54) is 22.0 Å². The van der Waals surface area contributed by atoms with Gasteiger partial charge in [0, 0.05) is 11.6 Å². The van der Waals surface area contributed by atoms with Crippen LogP contribution >= 0.6 is 11.3 Å². The summed E-state index contributed by atoms with van der Waals surface area (Å²) in [6, 6.07) is 2.15. The SMILES string of the molecule is CC(c1nccs1)n1c(N)nc2ccc(F)c(F)c21. The number of benzene rings is 1. The highest BCUT2D eigenvalue weighted by molar-refractivity contribution is 7.09. The first-order valence-corrected chi connectivity index (χ1v) is 6.48. The van der Waals surface area contributed by atoms with Crippen LogP contribution in [0.3, 0.4) is 0 Å². The second-order valence-electron chi connectivity index (χ2n) is 4.12. The Hall–Kier alpha value is -2.02. The van der Waals surface area contributed by atoms with Gasteiger partial charge >= 0.3 is 0 Å². The van der Waals surface area contributed by atoms with Gasteiger partial charge in [-0.25, -0.2) is 18.7 Å². The Bertz CT molecular complexity index is 736. The summed E-state index contributed by atoms with van der Waals surface area (Å²) >= 11 is 1.43. The highest BCUT2D eigenvalue weighted by atomic mass is 32.1. The summed E-state index contributed by atoms with van der Waals surface area (Å²) in [4.78, 5) is 8.23. The van der Waals surface area contributed by atoms with Gasteiger partial charge in [-0.2, -0.15) is 0 Å². The van der Waals surface area contributed by atoms with Crippen molar-refractivity contribution in [3.63, 3.8) is 0 Å². The Morgan fingerprint density at radius 3 is 2.84 bits per heavy atom. The number of aromatic nitrogens is 3. The number of hydrogen-bond donors (Lipinski definition) is 1. The van der Waals surface area contributed by atoms with Gasteiger partial charge in [0.25, 0.3) is 0 Å². The molecule has 3 aromatic rings. The average molecular weight is 280 g/mol. The molecule has 0 radical (unpaired) electrons. The molecule has 3 rings (SSSR count). The van der Waals surface area contributed by atoms with Crippen LogP contribution in [-0.4, -0.2) is 14.5 Å². The van der Waals surface area contributed by atoms with E-state index >= 15 is 0 Å². The second-order valence-corrected chi connectivity index (χ2v) is 5.04. The van der Waals surface area contributed by atoms with Crippen LogP contribution in [0.4, 0.5) is 14.7 Å². The molecule has 19 heavy (non-hydrogen) atoms. The zero-order valence-corrected chi connectivity index (χ0v) is 10.8. The molecule has 7 heteroatoms. The molecule has 0 aliphatic carbocycles. The van der Waals surface area contributed by atoms with Crippen molar-refractivity contribution in [2.24, 2.45) is 0 Å². The first-order chi connectivity index (χ1) is 9.09. The van der Waals surface area contributed by atoms with E-state index in [2.05, 4.69) is 9.97 Å². The molecule has 0 spiro atoms. The summed E-state index contributed by atoms with van der Waals surface area (Å²) in [6.45, 7) is 1.82. The molecular formula is C12H10F2N4S. The van der Waals surface area contributed by atoms with Crippen molar-refractivity contribution in [2.75, 3.05) is 5.73 Å². The minimum Gasteiger partial charge on any atom is -0.369 e. The summed E-state index contributed by atoms with van der Waals surface area (Å²) in [5, 5.41) is 2.58. The van der Waals surface area contributed by atoms with Crippen LogP contribution in [0.5, 0.6) is 0 Å². The van der Waals surface area contributed by atoms with Crippen molar-refractivity contribution in [1.29, 1.82) is 0 Å². The largest absolute Gasteiger partial charge is 0.369 e. The van der Waals surface area contributed by atoms with E-state index in [0.29, 0.717) is 5.52 Å². The molecule has 0 bridgehead atoms. The predicted molar refractivity (Wildman–Crippen MR) is 70.0 cm³/mol. The number of rotatable bonds is 2. The maximum absolute atomic E-state index is 14.0. The van der Waals surface area contributed by atoms with Crippen LogP contribution in [0.2, 0.25) is 0 Å². The predicted octanol–water partition coefficient (Wildman–Crippen LogP) is 2.96. The fourth-order valence-electron chi connectivity index (χ4n) is 2.08. The van der Waals surface area contributed by atoms with Gasteiger partial charge in [-0.3, -0.25) is 4.57 Å². The van der Waals surface area contributed by atoms with Crippen molar-refractivity contribution in [2.45, 2.75) is 13.0 Å². The number of nitrogen functional groups attached to an aromatic ring is 1. The molecule has 0 saturated carbocycles. The molecule has 1 atom stereocenters. The van der Waals surface area contributed by atoms with E-state index in [9.17, 15) is 8.78 Å². The molecule has 0 aliphatic rings. The minimum atomic E-state index is -0.940. The van der Waals surface area contributed by atoms with Gasteiger partial charge < -0.3 is 5.73 Å². The Morgan fingerprint density at radius 1 is 1.37 bits per heavy atom. The van der Waals surface area contributed by atoms with Crippen molar-refractivity contribution in [3.8, 4) is 0 Å². The van der Waals surface area contributed by atoms with E-state index in [-0.39, 0.29) is 17.5 Å². The average Bonchev–Trinajstić information content (AvgIpc) is 3.00. The molecule has 2 aromatic heterocycles. The molecule has 1 unspecified atom stereocenters. The molecule has 1 aromatic carbocycles. The maximum atomic E-state index is 14.0. The molecule has 98 valence electrons. The van der Waals surface area contributed by atoms with Gasteiger partial charge in [-0.05, 0) is 19.1 Å². The van der Waals surface area contributed by atoms with Gasteiger partial charge in [-0.15, -0.1) is 11.3 Å². The highest BCUT2D eigenvalue weighted by Crippen LogP contribution is 2.30. The van der Waals surface area contributed by atoms with Crippen molar-refractivity contribution in [3.05, 3.63) is 40.4 Å². The Kier molecular flexibility index (Phi) is 2.70. The first kappa shape index (κ1) is 12.0. The number of nitrogens with two attached hydrogens (primary N) is 1. The lowest BCUT2D eigenvalue weighted by molar-refractivity contribution is 0.509. The standard InChI is InChI=1S/C12H10F2N4S/c1-6(11-16-4-5-19-11)18-10-8(17-12(18)15)3-2-7(13)9(10)14/h2-6H,1H3,(H2,15,17). The van der Waals surface area contributed by atoms with Crippen LogP contribution in [0.1, 0.15) is 18.0 Å². The van der Waals surface area contributed by atoms with Crippen molar-refractivity contribution < 1.29 is 8.78 Å². The summed E-state index contributed by atoms with van der Waals surface area (Å²) in [5.74, 6) is -1.72. The zero-order valence-electron chi connectivity index (χ0n) is 9.97. The third-order valence-electron chi connectivity index (χ3n) is 2.97. The quantitative estimate of drug-likeness (QED) is 0.785.